The van der Waals surface area contributed by atoms with Crippen molar-refractivity contribution in [2.24, 2.45) is 0 Å². The molecule has 4 nitrogen and oxygen atoms in total. The number of carbonyl (C=O) groups excluding carboxylic acids is 2. The number of hydrogen-bond acceptors (Lipinski definition) is 2. The minimum Gasteiger partial charge on any atom is -0.302 e. The molecule has 1 fully saturated rings. The molecule has 1 aliphatic rings. The third kappa shape index (κ3) is 2.60. The molecule has 0 atom stereocenters. The first kappa shape index (κ1) is 13.6. The Bertz CT molecular complexity index is 741. The number of para-hydroxylation sites is 1. The summed E-state index contributed by atoms with van der Waals surface area (Å²) in [6, 6.07) is 15.9. The third-order valence-corrected chi connectivity index (χ3v) is 3.82. The fraction of sp³-hybridized carbons (Fsp3) is 0. The molecule has 2 aromatic carbocycles. The number of rotatable bonds is 2. The minimum absolute atomic E-state index is 0.260. The topological polar surface area (TPSA) is 49.4 Å². The molecule has 3 rings (SSSR count). The van der Waals surface area contributed by atoms with Gasteiger partial charge in [0, 0.05) is 4.47 Å². The van der Waals surface area contributed by atoms with E-state index in [9.17, 15) is 9.59 Å². The number of carbonyl (C=O) groups is 2. The van der Waals surface area contributed by atoms with E-state index in [1.165, 1.54) is 0 Å². The maximum atomic E-state index is 12.4. The number of amides is 3. The average molecular weight is 343 g/mol. The number of hydrogen-bond donors (Lipinski definition) is 1. The molecule has 2 aromatic rings. The smallest absolute Gasteiger partial charge is 0.302 e. The van der Waals surface area contributed by atoms with Crippen LogP contribution in [0.5, 0.6) is 0 Å². The third-order valence-electron chi connectivity index (χ3n) is 3.10. The summed E-state index contributed by atoms with van der Waals surface area (Å²) in [5.41, 5.74) is 1.64. The van der Waals surface area contributed by atoms with E-state index in [1.54, 1.807) is 30.3 Å². The first-order valence-electron chi connectivity index (χ1n) is 6.33. The van der Waals surface area contributed by atoms with Gasteiger partial charge < -0.3 is 5.32 Å². The Balaban J connectivity index is 1.96. The predicted octanol–water partition coefficient (Wildman–Crippen LogP) is 3.55. The molecule has 3 amide bonds. The maximum Gasteiger partial charge on any atom is 0.333 e. The van der Waals surface area contributed by atoms with Crippen LogP contribution in [0.1, 0.15) is 5.56 Å². The van der Waals surface area contributed by atoms with Crippen molar-refractivity contribution in [1.82, 2.24) is 5.32 Å². The molecule has 1 heterocycles. The SMILES string of the molecule is O=C1NC(=Cc2ccccc2Br)C(=O)N1c1ccccc1. The highest BCUT2D eigenvalue weighted by molar-refractivity contribution is 9.10. The highest BCUT2D eigenvalue weighted by Gasteiger charge is 2.34. The van der Waals surface area contributed by atoms with Gasteiger partial charge in [0.2, 0.25) is 0 Å². The molecule has 0 radical (unpaired) electrons. The van der Waals surface area contributed by atoms with Gasteiger partial charge >= 0.3 is 6.03 Å². The van der Waals surface area contributed by atoms with Crippen LogP contribution in [0.2, 0.25) is 0 Å². The fourth-order valence-electron chi connectivity index (χ4n) is 2.09. The van der Waals surface area contributed by atoms with Crippen LogP contribution in [0, 0.1) is 0 Å². The largest absolute Gasteiger partial charge is 0.333 e. The van der Waals surface area contributed by atoms with Crippen molar-refractivity contribution in [3.8, 4) is 0 Å². The van der Waals surface area contributed by atoms with E-state index in [0.717, 1.165) is 14.9 Å². The number of nitrogens with one attached hydrogen (secondary N) is 1. The summed E-state index contributed by atoms with van der Waals surface area (Å²) in [6.45, 7) is 0. The van der Waals surface area contributed by atoms with E-state index in [1.807, 2.05) is 30.3 Å². The van der Waals surface area contributed by atoms with Crippen LogP contribution >= 0.6 is 15.9 Å². The molecule has 0 saturated carbocycles. The number of halogens is 1. The zero-order chi connectivity index (χ0) is 14.8. The normalized spacial score (nSPS) is 16.4. The summed E-state index contributed by atoms with van der Waals surface area (Å²) in [6.07, 6.45) is 1.66. The van der Waals surface area contributed by atoms with Crippen LogP contribution in [0.15, 0.2) is 64.8 Å². The number of imide groups is 1. The lowest BCUT2D eigenvalue weighted by Gasteiger charge is -2.10. The number of anilines is 1. The van der Waals surface area contributed by atoms with Crippen molar-refractivity contribution >= 4 is 39.6 Å². The molecule has 104 valence electrons. The van der Waals surface area contributed by atoms with Gasteiger partial charge in [-0.15, -0.1) is 0 Å². The van der Waals surface area contributed by atoms with E-state index >= 15 is 0 Å². The molecule has 0 aromatic heterocycles. The van der Waals surface area contributed by atoms with Gasteiger partial charge in [-0.25, -0.2) is 9.69 Å². The number of nitrogens with zero attached hydrogens (tertiary/aromatic N) is 1. The highest BCUT2D eigenvalue weighted by Crippen LogP contribution is 2.24. The molecule has 1 saturated heterocycles. The summed E-state index contributed by atoms with van der Waals surface area (Å²) in [5.74, 6) is -0.359. The van der Waals surface area contributed by atoms with Gasteiger partial charge in [0.25, 0.3) is 5.91 Å². The molecule has 5 heteroatoms. The first-order valence-corrected chi connectivity index (χ1v) is 7.13. The first-order chi connectivity index (χ1) is 10.2. The molecular formula is C16H11BrN2O2. The average Bonchev–Trinajstić information content (AvgIpc) is 2.77. The maximum absolute atomic E-state index is 12.4. The van der Waals surface area contributed by atoms with Gasteiger partial charge in [0.05, 0.1) is 5.69 Å². The zero-order valence-corrected chi connectivity index (χ0v) is 12.5. The Kier molecular flexibility index (Phi) is 3.58. The Morgan fingerprint density at radius 1 is 0.952 bits per heavy atom. The van der Waals surface area contributed by atoms with Gasteiger partial charge in [-0.3, -0.25) is 4.79 Å². The standard InChI is InChI=1S/C16H11BrN2O2/c17-13-9-5-4-6-11(13)10-14-15(20)19(16(21)18-14)12-7-2-1-3-8-12/h1-10H,(H,18,21). The van der Waals surface area contributed by atoms with E-state index in [-0.39, 0.29) is 11.6 Å². The Hall–Kier alpha value is -2.40. The summed E-state index contributed by atoms with van der Waals surface area (Å²) < 4.78 is 0.859. The monoisotopic (exact) mass is 342 g/mol. The van der Waals surface area contributed by atoms with Crippen LogP contribution < -0.4 is 10.2 Å². The van der Waals surface area contributed by atoms with Gasteiger partial charge in [0.1, 0.15) is 5.70 Å². The molecule has 0 bridgehead atoms. The van der Waals surface area contributed by atoms with Crippen molar-refractivity contribution < 1.29 is 9.59 Å². The molecule has 1 N–H and O–H groups in total. The molecule has 21 heavy (non-hydrogen) atoms. The summed E-state index contributed by atoms with van der Waals surface area (Å²) in [4.78, 5) is 25.5. The summed E-state index contributed by atoms with van der Waals surface area (Å²) >= 11 is 3.42. The Morgan fingerprint density at radius 2 is 1.62 bits per heavy atom. The van der Waals surface area contributed by atoms with Gasteiger partial charge in [-0.1, -0.05) is 52.3 Å². The highest BCUT2D eigenvalue weighted by atomic mass is 79.9. The van der Waals surface area contributed by atoms with Gasteiger partial charge in [-0.05, 0) is 29.8 Å². The second-order valence-electron chi connectivity index (χ2n) is 4.49. The minimum atomic E-state index is -0.440. The second kappa shape index (κ2) is 5.54. The predicted molar refractivity (Wildman–Crippen MR) is 84.6 cm³/mol. The number of urea groups is 1. The van der Waals surface area contributed by atoms with Crippen molar-refractivity contribution in [1.29, 1.82) is 0 Å². The van der Waals surface area contributed by atoms with E-state index in [0.29, 0.717) is 5.69 Å². The summed E-state index contributed by atoms with van der Waals surface area (Å²) in [5, 5.41) is 2.61. The molecule has 0 spiro atoms. The number of benzene rings is 2. The lowest BCUT2D eigenvalue weighted by molar-refractivity contribution is -0.113. The van der Waals surface area contributed by atoms with E-state index < -0.39 is 6.03 Å². The van der Waals surface area contributed by atoms with Crippen LogP contribution in [0.25, 0.3) is 6.08 Å². The van der Waals surface area contributed by atoms with E-state index in [4.69, 9.17) is 0 Å². The van der Waals surface area contributed by atoms with E-state index in [2.05, 4.69) is 21.2 Å². The molecule has 0 unspecified atom stereocenters. The summed E-state index contributed by atoms with van der Waals surface area (Å²) in [7, 11) is 0. The van der Waals surface area contributed by atoms with Crippen molar-refractivity contribution in [2.45, 2.75) is 0 Å². The molecule has 0 aliphatic carbocycles. The van der Waals surface area contributed by atoms with Crippen molar-refractivity contribution in [3.63, 3.8) is 0 Å². The lowest BCUT2D eigenvalue weighted by atomic mass is 10.2. The van der Waals surface area contributed by atoms with Crippen LogP contribution in [0.4, 0.5) is 10.5 Å². The fourth-order valence-corrected chi connectivity index (χ4v) is 2.49. The molecular weight excluding hydrogens is 332 g/mol. The van der Waals surface area contributed by atoms with Crippen molar-refractivity contribution in [3.05, 3.63) is 70.3 Å². The second-order valence-corrected chi connectivity index (χ2v) is 5.34. The quantitative estimate of drug-likeness (QED) is 0.670. The van der Waals surface area contributed by atoms with Gasteiger partial charge in [-0.2, -0.15) is 0 Å². The zero-order valence-electron chi connectivity index (χ0n) is 10.9. The van der Waals surface area contributed by atoms with Crippen molar-refractivity contribution in [2.75, 3.05) is 4.90 Å². The van der Waals surface area contributed by atoms with Crippen LogP contribution in [-0.2, 0) is 4.79 Å². The van der Waals surface area contributed by atoms with Crippen LogP contribution in [0.3, 0.4) is 0 Å². The van der Waals surface area contributed by atoms with Gasteiger partial charge in [0.15, 0.2) is 0 Å². The van der Waals surface area contributed by atoms with Crippen LogP contribution in [-0.4, -0.2) is 11.9 Å². The Labute approximate surface area is 130 Å². The lowest BCUT2D eigenvalue weighted by Crippen LogP contribution is -2.30. The molecule has 1 aliphatic heterocycles. The Morgan fingerprint density at radius 3 is 2.33 bits per heavy atom.